The first-order chi connectivity index (χ1) is 17.2. The van der Waals surface area contributed by atoms with Crippen molar-refractivity contribution in [1.29, 1.82) is 5.26 Å². The number of aryl methyl sites for hydroxylation is 1. The zero-order chi connectivity index (χ0) is 26.0. The van der Waals surface area contributed by atoms with E-state index in [0.29, 0.717) is 17.0 Å². The van der Waals surface area contributed by atoms with Gasteiger partial charge in [0, 0.05) is 31.3 Å². The van der Waals surface area contributed by atoms with Crippen LogP contribution in [0.2, 0.25) is 0 Å². The summed E-state index contributed by atoms with van der Waals surface area (Å²) < 4.78 is 20.1. The van der Waals surface area contributed by atoms with E-state index in [1.807, 2.05) is 0 Å². The Morgan fingerprint density at radius 2 is 2.06 bits per heavy atom. The molecule has 36 heavy (non-hydrogen) atoms. The van der Waals surface area contributed by atoms with E-state index >= 15 is 0 Å². The Labute approximate surface area is 203 Å². The van der Waals surface area contributed by atoms with Crippen molar-refractivity contribution < 1.29 is 18.8 Å². The van der Waals surface area contributed by atoms with Gasteiger partial charge >= 0.3 is 0 Å². The number of hydrogen-bond donors (Lipinski definition) is 2. The third-order valence-electron chi connectivity index (χ3n) is 5.70. The average Bonchev–Trinajstić information content (AvgIpc) is 3.37. The van der Waals surface area contributed by atoms with Crippen molar-refractivity contribution in [2.45, 2.75) is 25.7 Å². The van der Waals surface area contributed by atoms with Crippen LogP contribution in [0.25, 0.3) is 0 Å². The highest BCUT2D eigenvalue weighted by molar-refractivity contribution is 6.04. The summed E-state index contributed by atoms with van der Waals surface area (Å²) in [5.74, 6) is -3.69. The number of nitrogens with zero attached hydrogens (tertiary/aromatic N) is 6. The van der Waals surface area contributed by atoms with Gasteiger partial charge in [0.1, 0.15) is 23.6 Å². The molecule has 0 fully saturated rings. The maximum atomic E-state index is 14.3. The van der Waals surface area contributed by atoms with Crippen molar-refractivity contribution >= 4 is 11.6 Å². The maximum Gasteiger partial charge on any atom is 0.296 e. The average molecular weight is 489 g/mol. The van der Waals surface area contributed by atoms with E-state index in [0.717, 1.165) is 4.57 Å². The predicted octanol–water partition coefficient (Wildman–Crippen LogP) is 2.77. The standard InChI is InChI=1S/C24H20FN7O4/c1-12-8-28-18(10-27-12)19(17-6-15(25)5-4-14(17)7-26)13(2)22-31-20(21(33)24(35)32(22)3)23(34)30-16-9-29-36-11-16/h4-6,8-11,13,19,33H,1-3H3,(H,30,34). The van der Waals surface area contributed by atoms with Crippen LogP contribution in [-0.2, 0) is 7.05 Å². The number of nitrogens with one attached hydrogen (secondary N) is 1. The third kappa shape index (κ3) is 4.54. The number of carbonyl (C=O) groups is 1. The van der Waals surface area contributed by atoms with Gasteiger partial charge in [-0.2, -0.15) is 5.26 Å². The minimum absolute atomic E-state index is 0.0915. The number of halogens is 1. The molecule has 3 aromatic heterocycles. The monoisotopic (exact) mass is 489 g/mol. The number of hydrogen-bond acceptors (Lipinski definition) is 9. The number of carbonyl (C=O) groups excluding carboxylic acids is 1. The summed E-state index contributed by atoms with van der Waals surface area (Å²) in [6, 6.07) is 5.81. The molecule has 0 aliphatic rings. The molecule has 12 heteroatoms. The summed E-state index contributed by atoms with van der Waals surface area (Å²) in [4.78, 5) is 38.7. The van der Waals surface area contributed by atoms with Crippen LogP contribution in [-0.4, -0.2) is 35.7 Å². The number of amides is 1. The maximum absolute atomic E-state index is 14.3. The Kier molecular flexibility index (Phi) is 6.56. The van der Waals surface area contributed by atoms with Gasteiger partial charge in [0.05, 0.1) is 29.2 Å². The molecule has 182 valence electrons. The summed E-state index contributed by atoms with van der Waals surface area (Å²) in [5.41, 5.74) is 0.361. The van der Waals surface area contributed by atoms with Crippen molar-refractivity contribution in [3.8, 4) is 11.8 Å². The molecule has 2 unspecified atom stereocenters. The van der Waals surface area contributed by atoms with Gasteiger partial charge in [0.2, 0.25) is 5.75 Å². The summed E-state index contributed by atoms with van der Waals surface area (Å²) in [6.45, 7) is 3.45. The van der Waals surface area contributed by atoms with Crippen LogP contribution in [0.1, 0.15) is 57.6 Å². The second kappa shape index (κ2) is 9.75. The molecule has 3 heterocycles. The summed E-state index contributed by atoms with van der Waals surface area (Å²) in [6.07, 6.45) is 5.43. The van der Waals surface area contributed by atoms with Crippen LogP contribution < -0.4 is 10.9 Å². The molecule has 2 atom stereocenters. The highest BCUT2D eigenvalue weighted by Gasteiger charge is 2.32. The number of anilines is 1. The minimum atomic E-state index is -0.865. The number of nitriles is 1. The minimum Gasteiger partial charge on any atom is -0.501 e. The number of aromatic nitrogens is 5. The summed E-state index contributed by atoms with van der Waals surface area (Å²) in [5, 5.41) is 26.0. The van der Waals surface area contributed by atoms with Gasteiger partial charge in [-0.1, -0.05) is 12.1 Å². The van der Waals surface area contributed by atoms with Crippen LogP contribution in [0, 0.1) is 24.1 Å². The van der Waals surface area contributed by atoms with Crippen LogP contribution >= 0.6 is 0 Å². The van der Waals surface area contributed by atoms with Gasteiger partial charge in [0.15, 0.2) is 5.69 Å². The quantitative estimate of drug-likeness (QED) is 0.415. The second-order valence-electron chi connectivity index (χ2n) is 8.09. The van der Waals surface area contributed by atoms with Crippen molar-refractivity contribution in [2.75, 3.05) is 5.32 Å². The van der Waals surface area contributed by atoms with Crippen LogP contribution in [0.5, 0.6) is 5.75 Å². The van der Waals surface area contributed by atoms with E-state index < -0.39 is 40.6 Å². The Bertz CT molecular complexity index is 1530. The SMILES string of the molecule is Cc1cnc(C(c2cc(F)ccc2C#N)C(C)c2nc(C(=O)Nc3cnoc3)c(O)c(=O)n2C)cn1. The molecule has 1 aromatic carbocycles. The Morgan fingerprint density at radius 3 is 2.69 bits per heavy atom. The first kappa shape index (κ1) is 24.2. The lowest BCUT2D eigenvalue weighted by molar-refractivity contribution is 0.101. The second-order valence-corrected chi connectivity index (χ2v) is 8.09. The molecular weight excluding hydrogens is 469 g/mol. The molecule has 4 rings (SSSR count). The lowest BCUT2D eigenvalue weighted by atomic mass is 9.81. The molecule has 0 aliphatic carbocycles. The molecule has 0 aliphatic heterocycles. The van der Waals surface area contributed by atoms with E-state index in [1.54, 1.807) is 13.8 Å². The predicted molar refractivity (Wildman–Crippen MR) is 124 cm³/mol. The molecule has 0 bridgehead atoms. The van der Waals surface area contributed by atoms with Crippen molar-refractivity contribution in [3.63, 3.8) is 0 Å². The smallest absolute Gasteiger partial charge is 0.296 e. The number of rotatable bonds is 6. The van der Waals surface area contributed by atoms with Crippen LogP contribution in [0.4, 0.5) is 10.1 Å². The lowest BCUT2D eigenvalue weighted by Crippen LogP contribution is -2.29. The van der Waals surface area contributed by atoms with Gasteiger partial charge in [0.25, 0.3) is 11.5 Å². The first-order valence-electron chi connectivity index (χ1n) is 10.7. The van der Waals surface area contributed by atoms with Crippen molar-refractivity contribution in [3.05, 3.63) is 93.3 Å². The zero-order valence-electron chi connectivity index (χ0n) is 19.4. The van der Waals surface area contributed by atoms with E-state index in [9.17, 15) is 24.3 Å². The molecule has 2 N–H and O–H groups in total. The van der Waals surface area contributed by atoms with Gasteiger partial charge in [-0.05, 0) is 30.7 Å². The summed E-state index contributed by atoms with van der Waals surface area (Å²) >= 11 is 0. The molecule has 4 aromatic rings. The van der Waals surface area contributed by atoms with Crippen LogP contribution in [0.15, 0.2) is 52.4 Å². The molecule has 0 radical (unpaired) electrons. The van der Waals surface area contributed by atoms with Gasteiger partial charge in [-0.15, -0.1) is 0 Å². The van der Waals surface area contributed by atoms with Gasteiger partial charge < -0.3 is 14.9 Å². The molecular formula is C24H20FN7O4. The Morgan fingerprint density at radius 1 is 1.28 bits per heavy atom. The Hall–Kier alpha value is -4.92. The highest BCUT2D eigenvalue weighted by Crippen LogP contribution is 2.38. The van der Waals surface area contributed by atoms with Gasteiger partial charge in [-0.25, -0.2) is 9.37 Å². The van der Waals surface area contributed by atoms with E-state index in [4.69, 9.17) is 0 Å². The highest BCUT2D eigenvalue weighted by atomic mass is 19.1. The van der Waals surface area contributed by atoms with Crippen molar-refractivity contribution in [1.82, 2.24) is 24.7 Å². The largest absolute Gasteiger partial charge is 0.501 e. The normalized spacial score (nSPS) is 12.5. The van der Waals surface area contributed by atoms with E-state index in [2.05, 4.69) is 36.0 Å². The van der Waals surface area contributed by atoms with Gasteiger partial charge in [-0.3, -0.25) is 24.1 Å². The molecule has 1 amide bonds. The number of aromatic hydroxyl groups is 1. The molecule has 0 saturated carbocycles. The van der Waals surface area contributed by atoms with Crippen molar-refractivity contribution in [2.24, 2.45) is 7.05 Å². The fourth-order valence-corrected chi connectivity index (χ4v) is 3.92. The van der Waals surface area contributed by atoms with E-state index in [1.165, 1.54) is 50.1 Å². The molecule has 0 saturated heterocycles. The zero-order valence-corrected chi connectivity index (χ0v) is 19.4. The van der Waals surface area contributed by atoms with E-state index in [-0.39, 0.29) is 17.1 Å². The fraction of sp³-hybridized carbons (Fsp3) is 0.208. The summed E-state index contributed by atoms with van der Waals surface area (Å²) in [7, 11) is 1.39. The molecule has 11 nitrogen and oxygen atoms in total. The topological polar surface area (TPSA) is 160 Å². The first-order valence-corrected chi connectivity index (χ1v) is 10.7. The third-order valence-corrected chi connectivity index (χ3v) is 5.70. The molecule has 0 spiro atoms. The van der Waals surface area contributed by atoms with Crippen LogP contribution in [0.3, 0.4) is 0 Å². The number of benzene rings is 1. The fourth-order valence-electron chi connectivity index (χ4n) is 3.92. The lowest BCUT2D eigenvalue weighted by Gasteiger charge is -2.26. The Balaban J connectivity index is 1.89.